The molecule has 5 rings (SSSR count). The van der Waals surface area contributed by atoms with Gasteiger partial charge in [-0.05, 0) is 42.3 Å². The summed E-state index contributed by atoms with van der Waals surface area (Å²) in [7, 11) is 1.44. The average Bonchev–Trinajstić information content (AvgIpc) is 3.59. The van der Waals surface area contributed by atoms with Crippen LogP contribution >= 0.6 is 0 Å². The number of fused-ring (bicyclic) bond motifs is 4. The van der Waals surface area contributed by atoms with Gasteiger partial charge in [-0.3, -0.25) is 14.4 Å². The van der Waals surface area contributed by atoms with Crippen molar-refractivity contribution in [1.82, 2.24) is 10.2 Å². The summed E-state index contributed by atoms with van der Waals surface area (Å²) in [5, 5.41) is 23.7. The molecule has 0 aromatic heterocycles. The lowest BCUT2D eigenvalue weighted by atomic mass is 9.77. The molecule has 2 amide bonds. The van der Waals surface area contributed by atoms with Gasteiger partial charge in [0.25, 0.3) is 0 Å². The highest BCUT2D eigenvalue weighted by Gasteiger charge is 2.51. The van der Waals surface area contributed by atoms with Gasteiger partial charge >= 0.3 is 0 Å². The number of benzene rings is 2. The maximum Gasteiger partial charge on any atom is 0.247 e. The van der Waals surface area contributed by atoms with E-state index in [9.17, 15) is 24.6 Å². The first-order valence-corrected chi connectivity index (χ1v) is 13.2. The van der Waals surface area contributed by atoms with Crippen LogP contribution in [0.25, 0.3) is 0 Å². The van der Waals surface area contributed by atoms with Crippen molar-refractivity contribution >= 4 is 18.1 Å². The Balaban J connectivity index is 1.58. The summed E-state index contributed by atoms with van der Waals surface area (Å²) in [5.41, 5.74) is 1.87. The highest BCUT2D eigenvalue weighted by Crippen LogP contribution is 2.51. The summed E-state index contributed by atoms with van der Waals surface area (Å²) in [6.07, 6.45) is 0.934. The van der Waals surface area contributed by atoms with Crippen molar-refractivity contribution in [1.29, 1.82) is 0 Å². The molecule has 11 heteroatoms. The number of carbonyl (C=O) groups is 3. The molecule has 4 atom stereocenters. The van der Waals surface area contributed by atoms with Crippen LogP contribution in [0.2, 0.25) is 0 Å². The second-order valence-corrected chi connectivity index (χ2v) is 9.86. The molecule has 2 aromatic carbocycles. The van der Waals surface area contributed by atoms with Gasteiger partial charge in [-0.25, -0.2) is 0 Å². The normalized spacial score (nSPS) is 21.9. The molecular weight excluding hydrogens is 520 g/mol. The third kappa shape index (κ3) is 4.98. The molecule has 212 valence electrons. The SMILES string of the molecule is CCCC(=O)N(Cc1ccc2c(c1)OCO2)[C@@H]1C=C(C(=O)NCCO)[C@@H]2c3cc(C=O)cc(OC)c3O[C@@H]2[C@H]1O. The van der Waals surface area contributed by atoms with Crippen LogP contribution in [0.4, 0.5) is 0 Å². The molecule has 0 radical (unpaired) electrons. The fourth-order valence-corrected chi connectivity index (χ4v) is 5.51. The van der Waals surface area contributed by atoms with Crippen molar-refractivity contribution in [3.8, 4) is 23.0 Å². The first-order valence-electron chi connectivity index (χ1n) is 13.2. The molecule has 0 fully saturated rings. The Hall–Kier alpha value is -4.09. The summed E-state index contributed by atoms with van der Waals surface area (Å²) in [6.45, 7) is 1.90. The third-order valence-electron chi connectivity index (χ3n) is 7.34. The molecule has 0 bridgehead atoms. The predicted octanol–water partition coefficient (Wildman–Crippen LogP) is 1.69. The molecule has 0 saturated heterocycles. The molecule has 40 heavy (non-hydrogen) atoms. The number of ether oxygens (including phenoxy) is 4. The summed E-state index contributed by atoms with van der Waals surface area (Å²) >= 11 is 0. The van der Waals surface area contributed by atoms with Crippen LogP contribution in [-0.2, 0) is 16.1 Å². The minimum Gasteiger partial charge on any atom is -0.493 e. The number of hydrogen-bond acceptors (Lipinski definition) is 9. The molecule has 11 nitrogen and oxygen atoms in total. The van der Waals surface area contributed by atoms with Crippen molar-refractivity contribution in [2.45, 2.75) is 50.5 Å². The Bertz CT molecular complexity index is 1340. The average molecular weight is 553 g/mol. The zero-order chi connectivity index (χ0) is 28.4. The maximum atomic E-state index is 13.5. The Labute approximate surface area is 231 Å². The van der Waals surface area contributed by atoms with E-state index in [4.69, 9.17) is 18.9 Å². The van der Waals surface area contributed by atoms with E-state index in [1.165, 1.54) is 13.2 Å². The lowest BCUT2D eigenvalue weighted by Crippen LogP contribution is -2.55. The highest BCUT2D eigenvalue weighted by molar-refractivity contribution is 5.96. The number of aliphatic hydroxyl groups is 2. The van der Waals surface area contributed by atoms with Gasteiger partial charge in [0.05, 0.1) is 25.7 Å². The van der Waals surface area contributed by atoms with E-state index in [-0.39, 0.29) is 44.4 Å². The van der Waals surface area contributed by atoms with Crippen LogP contribution < -0.4 is 24.3 Å². The van der Waals surface area contributed by atoms with Gasteiger partial charge in [0.15, 0.2) is 23.0 Å². The van der Waals surface area contributed by atoms with Crippen LogP contribution in [0.3, 0.4) is 0 Å². The van der Waals surface area contributed by atoms with Crippen molar-refractivity contribution in [2.75, 3.05) is 27.1 Å². The van der Waals surface area contributed by atoms with E-state index in [2.05, 4.69) is 5.32 Å². The summed E-state index contributed by atoms with van der Waals surface area (Å²) in [6, 6.07) is 7.61. The second kappa shape index (κ2) is 11.6. The number of methoxy groups -OCH3 is 1. The van der Waals surface area contributed by atoms with Crippen LogP contribution in [0.5, 0.6) is 23.0 Å². The van der Waals surface area contributed by atoms with E-state index >= 15 is 0 Å². The van der Waals surface area contributed by atoms with Crippen molar-refractivity contribution in [2.24, 2.45) is 0 Å². The number of amides is 2. The Kier molecular flexibility index (Phi) is 7.95. The Morgan fingerprint density at radius 2 is 2.00 bits per heavy atom. The van der Waals surface area contributed by atoms with Crippen LogP contribution in [0.15, 0.2) is 42.0 Å². The van der Waals surface area contributed by atoms with Gasteiger partial charge in [0.1, 0.15) is 18.5 Å². The second-order valence-electron chi connectivity index (χ2n) is 9.86. The van der Waals surface area contributed by atoms with Crippen LogP contribution in [-0.4, -0.2) is 78.5 Å². The molecule has 3 N–H and O–H groups in total. The van der Waals surface area contributed by atoms with E-state index in [1.807, 2.05) is 13.0 Å². The molecule has 0 spiro atoms. The van der Waals surface area contributed by atoms with Gasteiger partial charge in [0.2, 0.25) is 18.6 Å². The zero-order valence-electron chi connectivity index (χ0n) is 22.3. The van der Waals surface area contributed by atoms with Gasteiger partial charge in [-0.15, -0.1) is 0 Å². The number of rotatable bonds is 10. The third-order valence-corrected chi connectivity index (χ3v) is 7.34. The number of nitrogens with zero attached hydrogens (tertiary/aromatic N) is 1. The fraction of sp³-hybridized carbons (Fsp3) is 0.414. The molecule has 0 saturated carbocycles. The van der Waals surface area contributed by atoms with Gasteiger partial charge in [0, 0.05) is 36.2 Å². The molecule has 1 aliphatic carbocycles. The van der Waals surface area contributed by atoms with Gasteiger partial charge in [-0.1, -0.05) is 13.0 Å². The maximum absolute atomic E-state index is 13.5. The quantitative estimate of drug-likeness (QED) is 0.375. The van der Waals surface area contributed by atoms with Gasteiger partial charge < -0.3 is 39.4 Å². The minimum absolute atomic E-state index is 0.0157. The Morgan fingerprint density at radius 3 is 2.73 bits per heavy atom. The summed E-state index contributed by atoms with van der Waals surface area (Å²) in [4.78, 5) is 40.1. The van der Waals surface area contributed by atoms with E-state index in [1.54, 1.807) is 29.2 Å². The van der Waals surface area contributed by atoms with Crippen molar-refractivity contribution < 1.29 is 43.5 Å². The molecule has 0 unspecified atom stereocenters. The highest BCUT2D eigenvalue weighted by atomic mass is 16.7. The lowest BCUT2D eigenvalue weighted by Gasteiger charge is -2.40. The van der Waals surface area contributed by atoms with Crippen LogP contribution in [0.1, 0.15) is 47.2 Å². The van der Waals surface area contributed by atoms with Gasteiger partial charge in [-0.2, -0.15) is 0 Å². The fourth-order valence-electron chi connectivity index (χ4n) is 5.51. The number of carbonyl (C=O) groups excluding carboxylic acids is 3. The van der Waals surface area contributed by atoms with Crippen LogP contribution in [0, 0.1) is 0 Å². The molecule has 2 aromatic rings. The van der Waals surface area contributed by atoms with Crippen molar-refractivity contribution in [3.63, 3.8) is 0 Å². The first-order chi connectivity index (χ1) is 19.4. The number of aliphatic hydroxyl groups excluding tert-OH is 2. The standard InChI is InChI=1S/C29H32N2O9/c1-3-4-24(34)31(13-16-5-6-21-22(10-16)39-15-38-21)20-12-19(29(36)30-7-8-32)25-18-9-17(14-33)11-23(37-2)27(18)40-28(25)26(20)35/h5-6,9-12,14,20,25-26,28,32,35H,3-4,7-8,13,15H2,1-2H3,(H,30,36)/t20-,25+,26+,28+/m1/s1. The topological polar surface area (TPSA) is 144 Å². The van der Waals surface area contributed by atoms with Crippen molar-refractivity contribution in [3.05, 3.63) is 58.7 Å². The summed E-state index contributed by atoms with van der Waals surface area (Å²) < 4.78 is 22.6. The first kappa shape index (κ1) is 27.5. The predicted molar refractivity (Wildman–Crippen MR) is 142 cm³/mol. The lowest BCUT2D eigenvalue weighted by molar-refractivity contribution is -0.138. The number of nitrogens with one attached hydrogen (secondary N) is 1. The number of aldehydes is 1. The molecular formula is C29H32N2O9. The van der Waals surface area contributed by atoms with E-state index < -0.39 is 30.1 Å². The largest absolute Gasteiger partial charge is 0.493 e. The molecule has 2 heterocycles. The molecule has 2 aliphatic heterocycles. The minimum atomic E-state index is -1.22. The number of hydrogen-bond donors (Lipinski definition) is 3. The van der Waals surface area contributed by atoms with E-state index in [0.717, 1.165) is 5.56 Å². The smallest absolute Gasteiger partial charge is 0.247 e. The summed E-state index contributed by atoms with van der Waals surface area (Å²) in [5.74, 6) is 0.390. The zero-order valence-corrected chi connectivity index (χ0v) is 22.3. The van der Waals surface area contributed by atoms with E-state index in [0.29, 0.717) is 46.8 Å². The monoisotopic (exact) mass is 552 g/mol. The molecule has 3 aliphatic rings. The Morgan fingerprint density at radius 1 is 1.20 bits per heavy atom.